The molecule has 1 atom stereocenters. The Morgan fingerprint density at radius 2 is 2.10 bits per heavy atom. The summed E-state index contributed by atoms with van der Waals surface area (Å²) in [4.78, 5) is 11.2. The molecule has 1 aromatic carbocycles. The molecule has 1 heterocycles. The first-order chi connectivity index (χ1) is 9.80. The zero-order valence-electron chi connectivity index (χ0n) is 12.4. The van der Waals surface area contributed by atoms with Crippen molar-refractivity contribution in [2.24, 2.45) is 5.92 Å². The van der Waals surface area contributed by atoms with Crippen LogP contribution in [0.2, 0.25) is 0 Å². The van der Waals surface area contributed by atoms with E-state index in [0.717, 1.165) is 17.5 Å². The molecule has 0 spiro atoms. The summed E-state index contributed by atoms with van der Waals surface area (Å²) in [5, 5.41) is 8.88. The van der Waals surface area contributed by atoms with Gasteiger partial charge >= 0.3 is 5.97 Å². The van der Waals surface area contributed by atoms with Crippen LogP contribution in [0.5, 0.6) is 0 Å². The van der Waals surface area contributed by atoms with E-state index in [1.807, 2.05) is 13.0 Å². The van der Waals surface area contributed by atoms with E-state index in [1.165, 1.54) is 4.31 Å². The molecule has 0 aliphatic carbocycles. The second-order valence-electron chi connectivity index (χ2n) is 5.74. The number of carbonyl (C=O) groups is 1. The number of carboxylic acid groups (broad SMARTS) is 1. The highest BCUT2D eigenvalue weighted by Crippen LogP contribution is 2.27. The van der Waals surface area contributed by atoms with Crippen LogP contribution in [0.4, 0.5) is 0 Å². The van der Waals surface area contributed by atoms with Crippen molar-refractivity contribution in [2.45, 2.75) is 38.0 Å². The van der Waals surface area contributed by atoms with E-state index in [2.05, 4.69) is 0 Å². The lowest BCUT2D eigenvalue weighted by molar-refractivity contribution is -0.138. The molecule has 1 N–H and O–H groups in total. The smallest absolute Gasteiger partial charge is 0.303 e. The SMILES string of the molecule is Cc1ccc(C)c(S(=O)(=O)N2CCCC(CC(=O)O)C2)c1. The van der Waals surface area contributed by atoms with Gasteiger partial charge in [0.2, 0.25) is 10.0 Å². The molecule has 6 heteroatoms. The van der Waals surface area contributed by atoms with Gasteiger partial charge in [-0.2, -0.15) is 4.31 Å². The summed E-state index contributed by atoms with van der Waals surface area (Å²) in [6, 6.07) is 5.38. The third kappa shape index (κ3) is 3.63. The molecule has 1 fully saturated rings. The van der Waals surface area contributed by atoms with E-state index in [0.29, 0.717) is 24.4 Å². The van der Waals surface area contributed by atoms with Crippen LogP contribution in [-0.4, -0.2) is 36.9 Å². The largest absolute Gasteiger partial charge is 0.481 e. The molecule has 1 unspecified atom stereocenters. The number of nitrogens with zero attached hydrogens (tertiary/aromatic N) is 1. The maximum atomic E-state index is 12.8. The number of hydrogen-bond acceptors (Lipinski definition) is 3. The van der Waals surface area contributed by atoms with Crippen molar-refractivity contribution in [1.29, 1.82) is 0 Å². The average molecular weight is 311 g/mol. The Labute approximate surface area is 125 Å². The predicted octanol–water partition coefficient (Wildman–Crippen LogP) is 2.18. The first-order valence-corrected chi connectivity index (χ1v) is 8.54. The van der Waals surface area contributed by atoms with Crippen LogP contribution in [0, 0.1) is 19.8 Å². The van der Waals surface area contributed by atoms with Gasteiger partial charge < -0.3 is 5.11 Å². The molecular weight excluding hydrogens is 290 g/mol. The lowest BCUT2D eigenvalue weighted by Crippen LogP contribution is -2.40. The Kier molecular flexibility index (Phi) is 4.68. The topological polar surface area (TPSA) is 74.7 Å². The molecule has 1 aromatic rings. The highest BCUT2D eigenvalue weighted by atomic mass is 32.2. The van der Waals surface area contributed by atoms with Gasteiger partial charge in [-0.3, -0.25) is 4.79 Å². The molecule has 5 nitrogen and oxygen atoms in total. The summed E-state index contributed by atoms with van der Waals surface area (Å²) in [7, 11) is -3.54. The lowest BCUT2D eigenvalue weighted by atomic mass is 9.96. The van der Waals surface area contributed by atoms with Crippen molar-refractivity contribution in [2.75, 3.05) is 13.1 Å². The van der Waals surface area contributed by atoms with Gasteiger partial charge in [0, 0.05) is 19.5 Å². The molecular formula is C15H21NO4S. The number of sulfonamides is 1. The minimum Gasteiger partial charge on any atom is -0.481 e. The van der Waals surface area contributed by atoms with Crippen LogP contribution in [-0.2, 0) is 14.8 Å². The molecule has 0 saturated carbocycles. The Balaban J connectivity index is 2.26. The van der Waals surface area contributed by atoms with Crippen LogP contribution in [0.15, 0.2) is 23.1 Å². The predicted molar refractivity (Wildman–Crippen MR) is 79.7 cm³/mol. The minimum absolute atomic E-state index is 0.0266. The fraction of sp³-hybridized carbons (Fsp3) is 0.533. The third-order valence-corrected chi connectivity index (χ3v) is 5.91. The molecule has 1 saturated heterocycles. The average Bonchev–Trinajstić information content (AvgIpc) is 2.41. The van der Waals surface area contributed by atoms with E-state index >= 15 is 0 Å². The Morgan fingerprint density at radius 3 is 2.76 bits per heavy atom. The first kappa shape index (κ1) is 16.0. The van der Waals surface area contributed by atoms with Gasteiger partial charge in [-0.1, -0.05) is 12.1 Å². The van der Waals surface area contributed by atoms with E-state index < -0.39 is 16.0 Å². The zero-order valence-corrected chi connectivity index (χ0v) is 13.2. The summed E-state index contributed by atoms with van der Waals surface area (Å²) in [6.45, 7) is 4.40. The first-order valence-electron chi connectivity index (χ1n) is 7.10. The number of hydrogen-bond donors (Lipinski definition) is 1. The highest BCUT2D eigenvalue weighted by Gasteiger charge is 2.31. The Bertz CT molecular complexity index is 639. The molecule has 1 aliphatic rings. The van der Waals surface area contributed by atoms with Crippen molar-refractivity contribution >= 4 is 16.0 Å². The van der Waals surface area contributed by atoms with Crippen LogP contribution in [0.3, 0.4) is 0 Å². The number of piperidine rings is 1. The zero-order chi connectivity index (χ0) is 15.6. The number of carboxylic acids is 1. The minimum atomic E-state index is -3.54. The van der Waals surface area contributed by atoms with Crippen LogP contribution >= 0.6 is 0 Å². The van der Waals surface area contributed by atoms with Gasteiger partial charge in [-0.25, -0.2) is 8.42 Å². The summed E-state index contributed by atoms with van der Waals surface area (Å²) < 4.78 is 27.0. The van der Waals surface area contributed by atoms with Gasteiger partial charge in [0.05, 0.1) is 4.90 Å². The number of aliphatic carboxylic acids is 1. The summed E-state index contributed by atoms with van der Waals surface area (Å²) in [6.07, 6.45) is 1.51. The van der Waals surface area contributed by atoms with E-state index in [1.54, 1.807) is 19.1 Å². The van der Waals surface area contributed by atoms with Crippen molar-refractivity contribution in [3.8, 4) is 0 Å². The van der Waals surface area contributed by atoms with Gasteiger partial charge in [-0.15, -0.1) is 0 Å². The van der Waals surface area contributed by atoms with E-state index in [9.17, 15) is 13.2 Å². The fourth-order valence-electron chi connectivity index (χ4n) is 2.78. The van der Waals surface area contributed by atoms with Crippen LogP contribution in [0.1, 0.15) is 30.4 Å². The lowest BCUT2D eigenvalue weighted by Gasteiger charge is -2.31. The van der Waals surface area contributed by atoms with Crippen molar-refractivity contribution < 1.29 is 18.3 Å². The molecule has 116 valence electrons. The second-order valence-corrected chi connectivity index (χ2v) is 7.64. The maximum Gasteiger partial charge on any atom is 0.303 e. The van der Waals surface area contributed by atoms with Crippen molar-refractivity contribution in [3.63, 3.8) is 0 Å². The van der Waals surface area contributed by atoms with Gasteiger partial charge in [-0.05, 0) is 49.8 Å². The summed E-state index contributed by atoms with van der Waals surface area (Å²) >= 11 is 0. The molecule has 0 radical (unpaired) electrons. The van der Waals surface area contributed by atoms with Gasteiger partial charge in [0.15, 0.2) is 0 Å². The van der Waals surface area contributed by atoms with Gasteiger partial charge in [0.25, 0.3) is 0 Å². The fourth-order valence-corrected chi connectivity index (χ4v) is 4.65. The molecule has 0 aromatic heterocycles. The Hall–Kier alpha value is -1.40. The van der Waals surface area contributed by atoms with E-state index in [-0.39, 0.29) is 12.3 Å². The quantitative estimate of drug-likeness (QED) is 0.925. The molecule has 0 bridgehead atoms. The number of aryl methyl sites for hydroxylation is 2. The highest BCUT2D eigenvalue weighted by molar-refractivity contribution is 7.89. The van der Waals surface area contributed by atoms with Crippen molar-refractivity contribution in [3.05, 3.63) is 29.3 Å². The second kappa shape index (κ2) is 6.15. The standard InChI is InChI=1S/C15H21NO4S/c1-11-5-6-12(2)14(8-11)21(19,20)16-7-3-4-13(10-16)9-15(17)18/h5-6,8,13H,3-4,7,9-10H2,1-2H3,(H,17,18). The van der Waals surface area contributed by atoms with Crippen molar-refractivity contribution in [1.82, 2.24) is 4.31 Å². The maximum absolute atomic E-state index is 12.8. The summed E-state index contributed by atoms with van der Waals surface area (Å²) in [5.41, 5.74) is 1.62. The van der Waals surface area contributed by atoms with Gasteiger partial charge in [0.1, 0.15) is 0 Å². The third-order valence-electron chi connectivity index (χ3n) is 3.91. The monoisotopic (exact) mass is 311 g/mol. The molecule has 21 heavy (non-hydrogen) atoms. The van der Waals surface area contributed by atoms with Crippen LogP contribution in [0.25, 0.3) is 0 Å². The van der Waals surface area contributed by atoms with E-state index in [4.69, 9.17) is 5.11 Å². The Morgan fingerprint density at radius 1 is 1.38 bits per heavy atom. The normalized spacial score (nSPS) is 20.4. The van der Waals surface area contributed by atoms with Crippen LogP contribution < -0.4 is 0 Å². The summed E-state index contributed by atoms with van der Waals surface area (Å²) in [5.74, 6) is -0.970. The number of benzene rings is 1. The number of rotatable bonds is 4. The molecule has 2 rings (SSSR count). The molecule has 0 amide bonds. The molecule has 1 aliphatic heterocycles.